The smallest absolute Gasteiger partial charge is 0.167 e. The Labute approximate surface area is 159 Å². The quantitative estimate of drug-likeness (QED) is 0.613. The summed E-state index contributed by atoms with van der Waals surface area (Å²) in [6.45, 7) is 4.01. The number of methoxy groups -OCH3 is 2. The first kappa shape index (κ1) is 18.7. The summed E-state index contributed by atoms with van der Waals surface area (Å²) in [6.07, 6.45) is 2.17. The third-order valence-electron chi connectivity index (χ3n) is 4.80. The highest BCUT2D eigenvalue weighted by Crippen LogP contribution is 2.31. The maximum atomic E-state index is 12.9. The van der Waals surface area contributed by atoms with Crippen LogP contribution >= 0.6 is 0 Å². The summed E-state index contributed by atoms with van der Waals surface area (Å²) < 4.78 is 10.8. The van der Waals surface area contributed by atoms with Crippen LogP contribution in [-0.4, -0.2) is 30.2 Å². The number of hydrogen-bond acceptors (Lipinski definition) is 4. The van der Waals surface area contributed by atoms with Gasteiger partial charge in [0.1, 0.15) is 11.5 Å². The fourth-order valence-corrected chi connectivity index (χ4v) is 3.18. The number of nitrogens with zero attached hydrogens (tertiary/aromatic N) is 1. The maximum Gasteiger partial charge on any atom is 0.167 e. The van der Waals surface area contributed by atoms with Crippen molar-refractivity contribution in [2.24, 2.45) is 0 Å². The average Bonchev–Trinajstić information content (AvgIpc) is 3.13. The predicted octanol–water partition coefficient (Wildman–Crippen LogP) is 4.78. The first-order valence-corrected chi connectivity index (χ1v) is 8.89. The molecule has 1 heterocycles. The number of aryl methyl sites for hydroxylation is 1. The van der Waals surface area contributed by atoms with Crippen molar-refractivity contribution in [1.29, 1.82) is 0 Å². The highest BCUT2D eigenvalue weighted by molar-refractivity contribution is 5.99. The molecule has 0 bridgehead atoms. The number of carbonyl (C=O) groups is 1. The molecule has 5 heteroatoms. The lowest BCUT2D eigenvalue weighted by molar-refractivity contribution is 0.0972. The molecule has 0 saturated heterocycles. The van der Waals surface area contributed by atoms with E-state index in [-0.39, 0.29) is 11.7 Å². The van der Waals surface area contributed by atoms with Crippen LogP contribution in [0.3, 0.4) is 0 Å². The molecular weight excluding hydrogens is 340 g/mol. The number of aromatic amines is 1. The van der Waals surface area contributed by atoms with E-state index in [9.17, 15) is 4.79 Å². The number of hydrogen-bond donors (Lipinski definition) is 1. The molecule has 0 aliphatic carbocycles. The van der Waals surface area contributed by atoms with Gasteiger partial charge < -0.3 is 9.47 Å². The van der Waals surface area contributed by atoms with Crippen LogP contribution in [0.15, 0.2) is 48.7 Å². The van der Waals surface area contributed by atoms with E-state index < -0.39 is 0 Å². The Hall–Kier alpha value is -3.08. The standard InChI is InChI=1S/C22H24N2O3/c1-14(16-6-5-7-18(11-16)26-3)10-21(25)19-9-8-17(12-22(19)27-4)20-13-23-24-15(20)2/h5-9,11-14H,10H2,1-4H3,(H,23,24)/t14-/m0/s1. The normalized spacial score (nSPS) is 11.9. The molecule has 140 valence electrons. The molecule has 0 aliphatic rings. The minimum atomic E-state index is 0.0534. The molecule has 0 fully saturated rings. The van der Waals surface area contributed by atoms with Gasteiger partial charge in [0.15, 0.2) is 5.78 Å². The van der Waals surface area contributed by atoms with Crippen LogP contribution in [0.4, 0.5) is 0 Å². The topological polar surface area (TPSA) is 64.2 Å². The molecule has 5 nitrogen and oxygen atoms in total. The Morgan fingerprint density at radius 1 is 1.15 bits per heavy atom. The largest absolute Gasteiger partial charge is 0.497 e. The first-order chi connectivity index (χ1) is 13.0. The van der Waals surface area contributed by atoms with E-state index in [4.69, 9.17) is 9.47 Å². The predicted molar refractivity (Wildman–Crippen MR) is 106 cm³/mol. The number of carbonyl (C=O) groups excluding carboxylic acids is 1. The Morgan fingerprint density at radius 3 is 2.63 bits per heavy atom. The lowest BCUT2D eigenvalue weighted by Crippen LogP contribution is -2.07. The molecule has 0 saturated carbocycles. The molecule has 2 aromatic carbocycles. The third kappa shape index (κ3) is 4.03. The molecule has 0 aliphatic heterocycles. The minimum absolute atomic E-state index is 0.0534. The summed E-state index contributed by atoms with van der Waals surface area (Å²) in [5.41, 5.74) is 4.61. The second-order valence-electron chi connectivity index (χ2n) is 6.63. The van der Waals surface area contributed by atoms with E-state index in [1.165, 1.54) is 0 Å². The van der Waals surface area contributed by atoms with Gasteiger partial charge in [0, 0.05) is 17.7 Å². The van der Waals surface area contributed by atoms with Crippen LogP contribution in [0.5, 0.6) is 11.5 Å². The number of ether oxygens (including phenoxy) is 2. The van der Waals surface area contributed by atoms with Crippen LogP contribution in [0.1, 0.15) is 40.9 Å². The van der Waals surface area contributed by atoms with Gasteiger partial charge in [-0.1, -0.05) is 25.1 Å². The number of aromatic nitrogens is 2. The van der Waals surface area contributed by atoms with Crippen molar-refractivity contribution in [3.63, 3.8) is 0 Å². The molecule has 0 spiro atoms. The van der Waals surface area contributed by atoms with Crippen molar-refractivity contribution in [2.75, 3.05) is 14.2 Å². The molecule has 1 N–H and O–H groups in total. The number of nitrogens with one attached hydrogen (secondary N) is 1. The third-order valence-corrected chi connectivity index (χ3v) is 4.80. The van der Waals surface area contributed by atoms with Crippen molar-refractivity contribution in [2.45, 2.75) is 26.2 Å². The molecule has 0 unspecified atom stereocenters. The highest BCUT2D eigenvalue weighted by atomic mass is 16.5. The van der Waals surface area contributed by atoms with E-state index >= 15 is 0 Å². The Bertz CT molecular complexity index is 946. The fraction of sp³-hybridized carbons (Fsp3) is 0.273. The number of benzene rings is 2. The monoisotopic (exact) mass is 364 g/mol. The summed E-state index contributed by atoms with van der Waals surface area (Å²) in [4.78, 5) is 12.9. The molecule has 1 atom stereocenters. The Morgan fingerprint density at radius 2 is 1.96 bits per heavy atom. The van der Waals surface area contributed by atoms with Crippen LogP contribution in [0.25, 0.3) is 11.1 Å². The van der Waals surface area contributed by atoms with E-state index in [0.717, 1.165) is 28.1 Å². The minimum Gasteiger partial charge on any atom is -0.497 e. The zero-order valence-electron chi connectivity index (χ0n) is 16.1. The van der Waals surface area contributed by atoms with Crippen molar-refractivity contribution >= 4 is 5.78 Å². The lowest BCUT2D eigenvalue weighted by Gasteiger charge is -2.14. The molecule has 3 rings (SSSR count). The Kier molecular flexibility index (Phi) is 5.60. The summed E-state index contributed by atoms with van der Waals surface area (Å²) in [7, 11) is 3.23. The summed E-state index contributed by atoms with van der Waals surface area (Å²) in [5, 5.41) is 6.98. The number of ketones is 1. The van der Waals surface area contributed by atoms with Crippen molar-refractivity contribution < 1.29 is 14.3 Å². The molecule has 3 aromatic rings. The van der Waals surface area contributed by atoms with E-state index in [0.29, 0.717) is 17.7 Å². The molecular formula is C22H24N2O3. The second kappa shape index (κ2) is 8.08. The SMILES string of the molecule is COc1cccc([C@@H](C)CC(=O)c2ccc(-c3cn[nH]c3C)cc2OC)c1. The fourth-order valence-electron chi connectivity index (χ4n) is 3.18. The Balaban J connectivity index is 1.82. The second-order valence-corrected chi connectivity index (χ2v) is 6.63. The van der Waals surface area contributed by atoms with E-state index in [1.807, 2.05) is 56.3 Å². The molecule has 1 aromatic heterocycles. The lowest BCUT2D eigenvalue weighted by atomic mass is 9.92. The summed E-state index contributed by atoms with van der Waals surface area (Å²) in [6, 6.07) is 13.5. The van der Waals surface area contributed by atoms with E-state index in [1.54, 1.807) is 20.4 Å². The van der Waals surface area contributed by atoms with Gasteiger partial charge in [-0.2, -0.15) is 5.10 Å². The first-order valence-electron chi connectivity index (χ1n) is 8.89. The van der Waals surface area contributed by atoms with Crippen molar-refractivity contribution in [3.05, 3.63) is 65.5 Å². The zero-order valence-corrected chi connectivity index (χ0v) is 16.1. The highest BCUT2D eigenvalue weighted by Gasteiger charge is 2.18. The van der Waals surface area contributed by atoms with Crippen LogP contribution in [0.2, 0.25) is 0 Å². The number of Topliss-reactive ketones (excluding diaryl/α,β-unsaturated/α-hetero) is 1. The molecule has 0 radical (unpaired) electrons. The average molecular weight is 364 g/mol. The van der Waals surface area contributed by atoms with Crippen LogP contribution in [0, 0.1) is 6.92 Å². The molecule has 0 amide bonds. The van der Waals surface area contributed by atoms with Gasteiger partial charge in [-0.15, -0.1) is 0 Å². The number of rotatable bonds is 7. The van der Waals surface area contributed by atoms with Gasteiger partial charge >= 0.3 is 0 Å². The molecule has 27 heavy (non-hydrogen) atoms. The van der Waals surface area contributed by atoms with Gasteiger partial charge in [0.25, 0.3) is 0 Å². The van der Waals surface area contributed by atoms with Crippen molar-refractivity contribution in [3.8, 4) is 22.6 Å². The van der Waals surface area contributed by atoms with Gasteiger partial charge in [-0.25, -0.2) is 0 Å². The zero-order chi connectivity index (χ0) is 19.4. The summed E-state index contributed by atoms with van der Waals surface area (Å²) >= 11 is 0. The summed E-state index contributed by atoms with van der Waals surface area (Å²) in [5.74, 6) is 1.51. The van der Waals surface area contributed by atoms with Gasteiger partial charge in [-0.05, 0) is 48.2 Å². The van der Waals surface area contributed by atoms with Gasteiger partial charge in [-0.3, -0.25) is 9.89 Å². The van der Waals surface area contributed by atoms with Crippen LogP contribution < -0.4 is 9.47 Å². The van der Waals surface area contributed by atoms with Crippen molar-refractivity contribution in [1.82, 2.24) is 10.2 Å². The van der Waals surface area contributed by atoms with Gasteiger partial charge in [0.05, 0.1) is 26.0 Å². The van der Waals surface area contributed by atoms with Gasteiger partial charge in [0.2, 0.25) is 0 Å². The van der Waals surface area contributed by atoms with Crippen LogP contribution in [-0.2, 0) is 0 Å². The van der Waals surface area contributed by atoms with E-state index in [2.05, 4.69) is 10.2 Å². The number of H-pyrrole nitrogens is 1. The maximum absolute atomic E-state index is 12.9.